The minimum atomic E-state index is 0.609. The number of para-hydroxylation sites is 1. The Hall–Kier alpha value is -7.95. The first-order valence-electron chi connectivity index (χ1n) is 19.9. The second-order valence-corrected chi connectivity index (χ2v) is 15.1. The van der Waals surface area contributed by atoms with Gasteiger partial charge in [0.05, 0.1) is 0 Å². The zero-order valence-corrected chi connectivity index (χ0v) is 31.8. The van der Waals surface area contributed by atoms with Crippen LogP contribution in [0.5, 0.6) is 0 Å². The van der Waals surface area contributed by atoms with Gasteiger partial charge in [-0.3, -0.25) is 0 Å². The summed E-state index contributed by atoms with van der Waals surface area (Å²) in [6.45, 7) is 0. The maximum absolute atomic E-state index is 6.92. The first-order valence-corrected chi connectivity index (χ1v) is 19.9. The number of hydrogen-bond acceptors (Lipinski definition) is 4. The van der Waals surface area contributed by atoms with Crippen LogP contribution in [0.2, 0.25) is 0 Å². The molecule has 0 fully saturated rings. The van der Waals surface area contributed by atoms with Crippen LogP contribution in [0.3, 0.4) is 0 Å². The van der Waals surface area contributed by atoms with Crippen LogP contribution < -0.4 is 0 Å². The molecule has 0 unspecified atom stereocenters. The molecule has 0 bridgehead atoms. The van der Waals surface area contributed by atoms with E-state index < -0.39 is 0 Å². The standard InChI is InChI=1S/C55H33N3O/c1-3-13-34(14-4-1)37-18-11-19-38(31-37)43-23-12-24-48-49-33-50(44-21-9-10-22-47(44)52(49)59-51(43)48)55-57-53(36-16-5-2-6-17-36)56-54(58-55)40-27-28-42-39(32-40)26-30-45-41-20-8-7-15-35(41)25-29-46(42)45/h1-33H. The molecular formula is C55H33N3O. The molecule has 0 N–H and O–H groups in total. The summed E-state index contributed by atoms with van der Waals surface area (Å²) < 4.78 is 6.92. The fourth-order valence-corrected chi connectivity index (χ4v) is 8.84. The minimum absolute atomic E-state index is 0.609. The van der Waals surface area contributed by atoms with Crippen LogP contribution >= 0.6 is 0 Å². The third kappa shape index (κ3) is 5.49. The molecule has 274 valence electrons. The summed E-state index contributed by atoms with van der Waals surface area (Å²) in [7, 11) is 0. The van der Waals surface area contributed by atoms with E-state index in [-0.39, 0.29) is 0 Å². The van der Waals surface area contributed by atoms with Crippen molar-refractivity contribution in [2.24, 2.45) is 0 Å². The fraction of sp³-hybridized carbons (Fsp3) is 0. The summed E-state index contributed by atoms with van der Waals surface area (Å²) >= 11 is 0. The summed E-state index contributed by atoms with van der Waals surface area (Å²) in [6.07, 6.45) is 0. The van der Waals surface area contributed by atoms with Crippen LogP contribution in [-0.4, -0.2) is 15.0 Å². The van der Waals surface area contributed by atoms with Gasteiger partial charge in [-0.25, -0.2) is 15.0 Å². The van der Waals surface area contributed by atoms with Gasteiger partial charge >= 0.3 is 0 Å². The molecular weight excluding hydrogens is 719 g/mol. The molecule has 0 saturated carbocycles. The van der Waals surface area contributed by atoms with Crippen LogP contribution in [0.25, 0.3) is 121 Å². The third-order valence-corrected chi connectivity index (χ3v) is 11.7. The molecule has 2 heterocycles. The lowest BCUT2D eigenvalue weighted by Gasteiger charge is -2.12. The summed E-state index contributed by atoms with van der Waals surface area (Å²) in [5.41, 5.74) is 8.98. The van der Waals surface area contributed by atoms with Gasteiger partial charge in [-0.05, 0) is 72.6 Å². The van der Waals surface area contributed by atoms with Gasteiger partial charge in [0.1, 0.15) is 11.2 Å². The topological polar surface area (TPSA) is 51.8 Å². The fourth-order valence-electron chi connectivity index (χ4n) is 8.84. The zero-order chi connectivity index (χ0) is 38.9. The van der Waals surface area contributed by atoms with Gasteiger partial charge in [-0.15, -0.1) is 0 Å². The van der Waals surface area contributed by atoms with Gasteiger partial charge in [0.2, 0.25) is 0 Å². The van der Waals surface area contributed by atoms with E-state index >= 15 is 0 Å². The Balaban J connectivity index is 1.05. The van der Waals surface area contributed by atoms with E-state index in [1.54, 1.807) is 0 Å². The number of furan rings is 1. The molecule has 59 heavy (non-hydrogen) atoms. The smallest absolute Gasteiger partial charge is 0.164 e. The van der Waals surface area contributed by atoms with Crippen molar-refractivity contribution in [3.8, 4) is 56.4 Å². The molecule has 12 aromatic rings. The molecule has 0 aliphatic heterocycles. The lowest BCUT2D eigenvalue weighted by molar-refractivity contribution is 0.674. The molecule has 0 spiro atoms. The predicted molar refractivity (Wildman–Crippen MR) is 244 cm³/mol. The maximum atomic E-state index is 6.92. The zero-order valence-electron chi connectivity index (χ0n) is 31.8. The van der Waals surface area contributed by atoms with E-state index in [1.165, 1.54) is 32.5 Å². The number of benzene rings is 10. The van der Waals surface area contributed by atoms with Crippen molar-refractivity contribution < 1.29 is 4.42 Å². The quantitative estimate of drug-likeness (QED) is 0.164. The van der Waals surface area contributed by atoms with Gasteiger partial charge < -0.3 is 4.42 Å². The first-order chi connectivity index (χ1) is 29.2. The Morgan fingerprint density at radius 3 is 1.63 bits per heavy atom. The normalized spacial score (nSPS) is 11.7. The highest BCUT2D eigenvalue weighted by Crippen LogP contribution is 2.43. The molecule has 0 radical (unpaired) electrons. The third-order valence-electron chi connectivity index (χ3n) is 11.7. The second kappa shape index (κ2) is 13.3. The molecule has 0 saturated heterocycles. The molecule has 0 aliphatic rings. The highest BCUT2D eigenvalue weighted by atomic mass is 16.3. The Bertz CT molecular complexity index is 3610. The largest absolute Gasteiger partial charge is 0.455 e. The van der Waals surface area contributed by atoms with E-state index in [2.05, 4.69) is 176 Å². The number of rotatable bonds is 5. The Labute approximate surface area is 339 Å². The van der Waals surface area contributed by atoms with Crippen molar-refractivity contribution in [3.63, 3.8) is 0 Å². The molecule has 0 atom stereocenters. The van der Waals surface area contributed by atoms with Gasteiger partial charge in [-0.1, -0.05) is 182 Å². The highest BCUT2D eigenvalue weighted by molar-refractivity contribution is 6.21. The Kier molecular flexibility index (Phi) is 7.50. The number of fused-ring (bicyclic) bond motifs is 10. The van der Waals surface area contributed by atoms with Crippen LogP contribution in [-0.2, 0) is 0 Å². The van der Waals surface area contributed by atoms with E-state index in [0.717, 1.165) is 71.5 Å². The van der Waals surface area contributed by atoms with E-state index in [4.69, 9.17) is 19.4 Å². The molecule has 4 nitrogen and oxygen atoms in total. The van der Waals surface area contributed by atoms with Crippen molar-refractivity contribution in [3.05, 3.63) is 200 Å². The minimum Gasteiger partial charge on any atom is -0.455 e. The molecule has 4 heteroatoms. The number of hydrogen-bond donors (Lipinski definition) is 0. The monoisotopic (exact) mass is 751 g/mol. The Morgan fingerprint density at radius 2 is 0.814 bits per heavy atom. The van der Waals surface area contributed by atoms with Crippen molar-refractivity contribution >= 4 is 65.0 Å². The second-order valence-electron chi connectivity index (χ2n) is 15.1. The lowest BCUT2D eigenvalue weighted by atomic mass is 9.96. The van der Waals surface area contributed by atoms with Gasteiger partial charge in [0, 0.05) is 38.4 Å². The van der Waals surface area contributed by atoms with Crippen molar-refractivity contribution in [1.82, 2.24) is 15.0 Å². The average molecular weight is 752 g/mol. The van der Waals surface area contributed by atoms with Crippen LogP contribution in [0.15, 0.2) is 205 Å². The van der Waals surface area contributed by atoms with E-state index in [1.807, 2.05) is 24.3 Å². The predicted octanol–water partition coefficient (Wildman–Crippen LogP) is 14.7. The SMILES string of the molecule is c1ccc(-c2cccc(-c3cccc4c3oc3c5ccccc5c(-c5nc(-c6ccccc6)nc(-c6ccc7c(ccc8c9ccccc9ccc78)c6)n5)cc43)c2)cc1. The van der Waals surface area contributed by atoms with E-state index in [0.29, 0.717) is 17.5 Å². The summed E-state index contributed by atoms with van der Waals surface area (Å²) in [6, 6.07) is 70.4. The first kappa shape index (κ1) is 33.2. The lowest BCUT2D eigenvalue weighted by Crippen LogP contribution is -2.00. The van der Waals surface area contributed by atoms with Crippen LogP contribution in [0.4, 0.5) is 0 Å². The summed E-state index contributed by atoms with van der Waals surface area (Å²) in [5, 5.41) is 11.4. The molecule has 10 aromatic carbocycles. The number of nitrogens with zero attached hydrogens (tertiary/aromatic N) is 3. The van der Waals surface area contributed by atoms with E-state index in [9.17, 15) is 0 Å². The Morgan fingerprint density at radius 1 is 0.254 bits per heavy atom. The number of aromatic nitrogens is 3. The summed E-state index contributed by atoms with van der Waals surface area (Å²) in [4.78, 5) is 15.6. The van der Waals surface area contributed by atoms with Gasteiger partial charge in [0.25, 0.3) is 0 Å². The van der Waals surface area contributed by atoms with Crippen molar-refractivity contribution in [2.75, 3.05) is 0 Å². The van der Waals surface area contributed by atoms with Gasteiger partial charge in [-0.2, -0.15) is 0 Å². The average Bonchev–Trinajstić information content (AvgIpc) is 3.70. The van der Waals surface area contributed by atoms with Crippen LogP contribution in [0.1, 0.15) is 0 Å². The maximum Gasteiger partial charge on any atom is 0.164 e. The van der Waals surface area contributed by atoms with Crippen molar-refractivity contribution in [2.45, 2.75) is 0 Å². The molecule has 0 amide bonds. The van der Waals surface area contributed by atoms with Crippen molar-refractivity contribution in [1.29, 1.82) is 0 Å². The highest BCUT2D eigenvalue weighted by Gasteiger charge is 2.21. The molecule has 0 aliphatic carbocycles. The van der Waals surface area contributed by atoms with Gasteiger partial charge in [0.15, 0.2) is 17.5 Å². The van der Waals surface area contributed by atoms with Crippen LogP contribution in [0, 0.1) is 0 Å². The molecule has 12 rings (SSSR count). The summed E-state index contributed by atoms with van der Waals surface area (Å²) in [5.74, 6) is 1.85. The molecule has 2 aromatic heterocycles.